The fourth-order valence-corrected chi connectivity index (χ4v) is 2.12. The summed E-state index contributed by atoms with van der Waals surface area (Å²) in [5.74, 6) is -0.242. The minimum absolute atomic E-state index is 0.187. The van der Waals surface area contributed by atoms with Gasteiger partial charge in [0.15, 0.2) is 0 Å². The van der Waals surface area contributed by atoms with Gasteiger partial charge in [-0.2, -0.15) is 5.10 Å². The predicted molar refractivity (Wildman–Crippen MR) is 80.3 cm³/mol. The molecule has 2 aromatic rings. The Bertz CT molecular complexity index is 830. The Morgan fingerprint density at radius 2 is 2.14 bits per heavy atom. The average molecular weight is 296 g/mol. The summed E-state index contributed by atoms with van der Waals surface area (Å²) >= 11 is 0. The van der Waals surface area contributed by atoms with Crippen LogP contribution in [-0.2, 0) is 4.79 Å². The minimum Gasteiger partial charge on any atom is -0.478 e. The second kappa shape index (κ2) is 5.33. The third-order valence-corrected chi connectivity index (χ3v) is 3.27. The van der Waals surface area contributed by atoms with Crippen molar-refractivity contribution in [3.8, 4) is 11.3 Å². The Labute approximate surface area is 125 Å². The number of carbonyl (C=O) groups is 2. The van der Waals surface area contributed by atoms with Crippen LogP contribution in [0.5, 0.6) is 0 Å². The largest absolute Gasteiger partial charge is 0.478 e. The van der Waals surface area contributed by atoms with Gasteiger partial charge in [0, 0.05) is 5.56 Å². The molecule has 3 rings (SSSR count). The normalized spacial score (nSPS) is 15.8. The zero-order valence-electron chi connectivity index (χ0n) is 11.7. The van der Waals surface area contributed by atoms with E-state index in [4.69, 9.17) is 9.52 Å². The van der Waals surface area contributed by atoms with Crippen molar-refractivity contribution in [1.29, 1.82) is 0 Å². The molecule has 0 atom stereocenters. The monoisotopic (exact) mass is 296 g/mol. The molecular weight excluding hydrogens is 284 g/mol. The number of hydrogen-bond donors (Lipinski definition) is 2. The molecule has 0 bridgehead atoms. The molecule has 110 valence electrons. The van der Waals surface area contributed by atoms with E-state index in [0.29, 0.717) is 28.4 Å². The van der Waals surface area contributed by atoms with Crippen LogP contribution in [0.15, 0.2) is 51.5 Å². The first-order valence-electron chi connectivity index (χ1n) is 6.55. The van der Waals surface area contributed by atoms with Gasteiger partial charge < -0.3 is 9.52 Å². The molecule has 0 aliphatic carbocycles. The van der Waals surface area contributed by atoms with E-state index >= 15 is 0 Å². The molecule has 0 radical (unpaired) electrons. The van der Waals surface area contributed by atoms with Gasteiger partial charge in [-0.25, -0.2) is 10.2 Å². The third-order valence-electron chi connectivity index (χ3n) is 3.27. The number of nitrogens with one attached hydrogen (secondary N) is 1. The van der Waals surface area contributed by atoms with Crippen molar-refractivity contribution in [1.82, 2.24) is 5.43 Å². The maximum Gasteiger partial charge on any atom is 0.335 e. The van der Waals surface area contributed by atoms with Crippen LogP contribution < -0.4 is 5.43 Å². The SMILES string of the molecule is CC1=NNC(=O)/C1=C/c1ccc(-c2cccc(C(=O)O)c2)o1. The minimum atomic E-state index is -0.995. The van der Waals surface area contributed by atoms with Crippen LogP contribution in [0, 0.1) is 0 Å². The molecule has 6 heteroatoms. The molecular formula is C16H12N2O4. The first kappa shape index (κ1) is 13.8. The summed E-state index contributed by atoms with van der Waals surface area (Å²) in [5.41, 5.74) is 4.25. The first-order valence-corrected chi connectivity index (χ1v) is 6.55. The average Bonchev–Trinajstić information content (AvgIpc) is 3.10. The highest BCUT2D eigenvalue weighted by molar-refractivity contribution is 6.26. The number of amides is 1. The summed E-state index contributed by atoms with van der Waals surface area (Å²) in [7, 11) is 0. The number of carbonyl (C=O) groups excluding carboxylic acids is 1. The van der Waals surface area contributed by atoms with Gasteiger partial charge in [-0.15, -0.1) is 0 Å². The highest BCUT2D eigenvalue weighted by Gasteiger charge is 2.19. The summed E-state index contributed by atoms with van der Waals surface area (Å²) < 4.78 is 5.66. The molecule has 1 aromatic heterocycles. The molecule has 0 unspecified atom stereocenters. The van der Waals surface area contributed by atoms with Gasteiger partial charge in [-0.05, 0) is 37.3 Å². The van der Waals surface area contributed by atoms with Crippen molar-refractivity contribution in [2.75, 3.05) is 0 Å². The molecule has 1 amide bonds. The molecule has 6 nitrogen and oxygen atoms in total. The van der Waals surface area contributed by atoms with Gasteiger partial charge in [-0.3, -0.25) is 4.79 Å². The molecule has 1 aromatic carbocycles. The third kappa shape index (κ3) is 2.54. The van der Waals surface area contributed by atoms with Crippen LogP contribution >= 0.6 is 0 Å². The van der Waals surface area contributed by atoms with Gasteiger partial charge in [-0.1, -0.05) is 12.1 Å². The molecule has 0 spiro atoms. The van der Waals surface area contributed by atoms with Crippen LogP contribution in [0.3, 0.4) is 0 Å². The molecule has 0 saturated heterocycles. The number of rotatable bonds is 3. The van der Waals surface area contributed by atoms with E-state index in [1.165, 1.54) is 12.1 Å². The van der Waals surface area contributed by atoms with E-state index in [0.717, 1.165) is 0 Å². The Morgan fingerprint density at radius 1 is 1.32 bits per heavy atom. The molecule has 22 heavy (non-hydrogen) atoms. The predicted octanol–water partition coefficient (Wildman–Crippen LogP) is 2.53. The van der Waals surface area contributed by atoms with E-state index in [-0.39, 0.29) is 11.5 Å². The lowest BCUT2D eigenvalue weighted by molar-refractivity contribution is -0.116. The molecule has 1 aliphatic heterocycles. The fraction of sp³-hybridized carbons (Fsp3) is 0.0625. The highest BCUT2D eigenvalue weighted by atomic mass is 16.4. The zero-order valence-corrected chi connectivity index (χ0v) is 11.7. The topological polar surface area (TPSA) is 91.9 Å². The van der Waals surface area contributed by atoms with Crippen LogP contribution in [0.25, 0.3) is 17.4 Å². The second-order valence-corrected chi connectivity index (χ2v) is 4.78. The first-order chi connectivity index (χ1) is 10.5. The summed E-state index contributed by atoms with van der Waals surface area (Å²) in [6, 6.07) is 9.91. The zero-order chi connectivity index (χ0) is 15.7. The number of carboxylic acid groups (broad SMARTS) is 1. The van der Waals surface area contributed by atoms with Crippen molar-refractivity contribution in [2.45, 2.75) is 6.92 Å². The van der Waals surface area contributed by atoms with Crippen LogP contribution in [0.1, 0.15) is 23.0 Å². The molecule has 0 fully saturated rings. The van der Waals surface area contributed by atoms with Crippen molar-refractivity contribution in [3.05, 3.63) is 53.3 Å². The van der Waals surface area contributed by atoms with E-state index < -0.39 is 5.97 Å². The van der Waals surface area contributed by atoms with Gasteiger partial charge in [0.25, 0.3) is 5.91 Å². The summed E-state index contributed by atoms with van der Waals surface area (Å²) in [5, 5.41) is 12.8. The second-order valence-electron chi connectivity index (χ2n) is 4.78. The number of carboxylic acids is 1. The summed E-state index contributed by atoms with van der Waals surface area (Å²) in [4.78, 5) is 22.6. The van der Waals surface area contributed by atoms with Gasteiger partial charge >= 0.3 is 5.97 Å². The number of hydrazone groups is 1. The Balaban J connectivity index is 1.93. The molecule has 0 saturated carbocycles. The van der Waals surface area contributed by atoms with Crippen LogP contribution in [-0.4, -0.2) is 22.7 Å². The van der Waals surface area contributed by atoms with E-state index in [1.807, 2.05) is 0 Å². The van der Waals surface area contributed by atoms with Crippen molar-refractivity contribution in [3.63, 3.8) is 0 Å². The number of hydrogen-bond acceptors (Lipinski definition) is 4. The van der Waals surface area contributed by atoms with Gasteiger partial charge in [0.1, 0.15) is 11.5 Å². The van der Waals surface area contributed by atoms with E-state index in [9.17, 15) is 9.59 Å². The Hall–Kier alpha value is -3.15. The molecule has 2 heterocycles. The fourth-order valence-electron chi connectivity index (χ4n) is 2.12. The van der Waals surface area contributed by atoms with Crippen molar-refractivity contribution >= 4 is 23.7 Å². The smallest absolute Gasteiger partial charge is 0.335 e. The lowest BCUT2D eigenvalue weighted by atomic mass is 10.1. The van der Waals surface area contributed by atoms with E-state index in [2.05, 4.69) is 10.5 Å². The van der Waals surface area contributed by atoms with E-state index in [1.54, 1.807) is 37.3 Å². The maximum absolute atomic E-state index is 11.6. The van der Waals surface area contributed by atoms with Crippen LogP contribution in [0.2, 0.25) is 0 Å². The lowest BCUT2D eigenvalue weighted by Crippen LogP contribution is -2.12. The lowest BCUT2D eigenvalue weighted by Gasteiger charge is -1.99. The quantitative estimate of drug-likeness (QED) is 0.851. The number of benzene rings is 1. The highest BCUT2D eigenvalue weighted by Crippen LogP contribution is 2.25. The maximum atomic E-state index is 11.6. The molecule has 2 N–H and O–H groups in total. The molecule has 1 aliphatic rings. The van der Waals surface area contributed by atoms with Crippen molar-refractivity contribution in [2.24, 2.45) is 5.10 Å². The van der Waals surface area contributed by atoms with Crippen LogP contribution in [0.4, 0.5) is 0 Å². The Kier molecular flexibility index (Phi) is 3.34. The summed E-state index contributed by atoms with van der Waals surface area (Å²) in [6.07, 6.45) is 1.60. The van der Waals surface area contributed by atoms with Gasteiger partial charge in [0.05, 0.1) is 16.8 Å². The number of aromatic carboxylic acids is 1. The van der Waals surface area contributed by atoms with Gasteiger partial charge in [0.2, 0.25) is 0 Å². The Morgan fingerprint density at radius 3 is 2.82 bits per heavy atom. The number of furan rings is 1. The standard InChI is InChI=1S/C16H12N2O4/c1-9-13(15(19)18-17-9)8-12-5-6-14(22-12)10-3-2-4-11(7-10)16(20)21/h2-8H,1H3,(H,18,19)(H,20,21)/b13-8+. The van der Waals surface area contributed by atoms with Crippen molar-refractivity contribution < 1.29 is 19.1 Å². The number of nitrogens with zero attached hydrogens (tertiary/aromatic N) is 1. The summed E-state index contributed by atoms with van der Waals surface area (Å²) in [6.45, 7) is 1.73.